The predicted molar refractivity (Wildman–Crippen MR) is 142 cm³/mol. The second kappa shape index (κ2) is 13.1. The molecular formula is C26H29ClN2O7S. The van der Waals surface area contributed by atoms with Crippen LogP contribution in [-0.2, 0) is 21.2 Å². The minimum absolute atomic E-state index is 0.0434. The minimum Gasteiger partial charge on any atom is -0.494 e. The van der Waals surface area contributed by atoms with E-state index in [-0.39, 0.29) is 28.2 Å². The number of carbonyl (C=O) groups is 1. The smallest absolute Gasteiger partial charge is 0.261 e. The number of carbonyl (C=O) groups excluding carboxylic acids is 1. The lowest BCUT2D eigenvalue weighted by molar-refractivity contribution is -0.123. The van der Waals surface area contributed by atoms with Crippen LogP contribution in [0.3, 0.4) is 0 Å². The fourth-order valence-electron chi connectivity index (χ4n) is 3.34. The summed E-state index contributed by atoms with van der Waals surface area (Å²) in [5, 5.41) is 2.83. The fourth-order valence-corrected chi connectivity index (χ4v) is 4.73. The van der Waals surface area contributed by atoms with E-state index in [1.807, 2.05) is 19.1 Å². The van der Waals surface area contributed by atoms with Gasteiger partial charge in [-0.3, -0.25) is 9.52 Å². The highest BCUT2D eigenvalue weighted by molar-refractivity contribution is 7.92. The van der Waals surface area contributed by atoms with E-state index in [1.165, 1.54) is 18.2 Å². The predicted octanol–water partition coefficient (Wildman–Crippen LogP) is 4.29. The molecule has 0 bridgehead atoms. The first-order valence-corrected chi connectivity index (χ1v) is 13.3. The number of rotatable bonds is 13. The summed E-state index contributed by atoms with van der Waals surface area (Å²) >= 11 is 6.23. The quantitative estimate of drug-likeness (QED) is 0.327. The van der Waals surface area contributed by atoms with Gasteiger partial charge in [0.2, 0.25) is 0 Å². The molecule has 0 aliphatic heterocycles. The first-order valence-electron chi connectivity index (χ1n) is 11.4. The average molecular weight is 549 g/mol. The van der Waals surface area contributed by atoms with Crippen molar-refractivity contribution in [2.45, 2.75) is 18.2 Å². The minimum atomic E-state index is -3.88. The van der Waals surface area contributed by atoms with E-state index >= 15 is 0 Å². The Labute approximate surface area is 221 Å². The molecule has 198 valence electrons. The highest BCUT2D eigenvalue weighted by Crippen LogP contribution is 2.29. The molecule has 0 fully saturated rings. The summed E-state index contributed by atoms with van der Waals surface area (Å²) in [5.74, 6) is 1.73. The standard InChI is InChI=1S/C26H29ClN2O7S/c1-4-35-20-8-6-19(7-9-20)29-37(31,32)21-10-12-23(22(27)16-21)36-17-26(30)28-14-13-18-5-11-24(33-2)25(15-18)34-3/h5-12,15-16,29H,4,13-14,17H2,1-3H3,(H,28,30). The molecule has 0 radical (unpaired) electrons. The van der Waals surface area contributed by atoms with Crippen molar-refractivity contribution in [1.82, 2.24) is 5.32 Å². The fraction of sp³-hybridized carbons (Fsp3) is 0.269. The van der Waals surface area contributed by atoms with Crippen molar-refractivity contribution in [2.75, 3.05) is 38.7 Å². The molecule has 0 heterocycles. The monoisotopic (exact) mass is 548 g/mol. The summed E-state index contributed by atoms with van der Waals surface area (Å²) in [7, 11) is -0.756. The Bertz CT molecular complexity index is 1320. The van der Waals surface area contributed by atoms with Crippen molar-refractivity contribution in [3.05, 3.63) is 71.2 Å². The Morgan fingerprint density at radius 2 is 1.59 bits per heavy atom. The lowest BCUT2D eigenvalue weighted by Gasteiger charge is -2.12. The summed E-state index contributed by atoms with van der Waals surface area (Å²) in [6.07, 6.45) is 0.584. The van der Waals surface area contributed by atoms with Crippen molar-refractivity contribution < 1.29 is 32.2 Å². The number of hydrogen-bond acceptors (Lipinski definition) is 7. The zero-order chi connectivity index (χ0) is 26.8. The molecule has 11 heteroatoms. The maximum Gasteiger partial charge on any atom is 0.261 e. The molecule has 2 N–H and O–H groups in total. The highest BCUT2D eigenvalue weighted by atomic mass is 35.5. The van der Waals surface area contributed by atoms with Gasteiger partial charge in [-0.15, -0.1) is 0 Å². The Kier molecular flexibility index (Phi) is 9.87. The summed E-state index contributed by atoms with van der Waals surface area (Å²) in [6.45, 7) is 2.49. The number of ether oxygens (including phenoxy) is 4. The van der Waals surface area contributed by atoms with Gasteiger partial charge in [0, 0.05) is 12.2 Å². The molecule has 0 aromatic heterocycles. The van der Waals surface area contributed by atoms with E-state index in [0.717, 1.165) is 5.56 Å². The van der Waals surface area contributed by atoms with E-state index < -0.39 is 10.0 Å². The van der Waals surface area contributed by atoms with Crippen LogP contribution in [0.2, 0.25) is 5.02 Å². The summed E-state index contributed by atoms with van der Waals surface area (Å²) in [6, 6.07) is 16.1. The molecule has 0 saturated heterocycles. The van der Waals surface area contributed by atoms with Gasteiger partial charge < -0.3 is 24.3 Å². The van der Waals surface area contributed by atoms with E-state index in [0.29, 0.717) is 42.5 Å². The Morgan fingerprint density at radius 3 is 2.24 bits per heavy atom. The van der Waals surface area contributed by atoms with Crippen LogP contribution >= 0.6 is 11.6 Å². The molecule has 3 rings (SSSR count). The topological polar surface area (TPSA) is 112 Å². The molecule has 3 aromatic carbocycles. The number of nitrogens with one attached hydrogen (secondary N) is 2. The maximum absolute atomic E-state index is 12.7. The van der Waals surface area contributed by atoms with Crippen LogP contribution in [0.5, 0.6) is 23.0 Å². The van der Waals surface area contributed by atoms with Gasteiger partial charge in [0.1, 0.15) is 11.5 Å². The molecule has 0 unspecified atom stereocenters. The molecule has 9 nitrogen and oxygen atoms in total. The molecule has 0 saturated carbocycles. The Morgan fingerprint density at radius 1 is 0.892 bits per heavy atom. The van der Waals surface area contributed by atoms with Crippen molar-refractivity contribution in [2.24, 2.45) is 0 Å². The SMILES string of the molecule is CCOc1ccc(NS(=O)(=O)c2ccc(OCC(=O)NCCc3ccc(OC)c(OC)c3)c(Cl)c2)cc1. The third-order valence-corrected chi connectivity index (χ3v) is 6.85. The van der Waals surface area contributed by atoms with Crippen molar-refractivity contribution in [3.63, 3.8) is 0 Å². The van der Waals surface area contributed by atoms with Gasteiger partial charge in [-0.1, -0.05) is 17.7 Å². The summed E-state index contributed by atoms with van der Waals surface area (Å²) in [5.41, 5.74) is 1.35. The molecule has 0 aliphatic rings. The zero-order valence-electron chi connectivity index (χ0n) is 20.7. The van der Waals surface area contributed by atoms with Crippen molar-refractivity contribution in [1.29, 1.82) is 0 Å². The van der Waals surface area contributed by atoms with Gasteiger partial charge in [0.05, 0.1) is 30.7 Å². The first kappa shape index (κ1) is 27.9. The number of benzene rings is 3. The maximum atomic E-state index is 12.7. The van der Waals surface area contributed by atoms with Gasteiger partial charge in [0.25, 0.3) is 15.9 Å². The lowest BCUT2D eigenvalue weighted by atomic mass is 10.1. The Hall–Kier alpha value is -3.63. The number of amides is 1. The van der Waals surface area contributed by atoms with Crippen LogP contribution < -0.4 is 29.0 Å². The first-order chi connectivity index (χ1) is 17.7. The number of anilines is 1. The summed E-state index contributed by atoms with van der Waals surface area (Å²) in [4.78, 5) is 12.2. The normalized spacial score (nSPS) is 10.9. The largest absolute Gasteiger partial charge is 0.494 e. The molecule has 3 aromatic rings. The lowest BCUT2D eigenvalue weighted by Crippen LogP contribution is -2.30. The zero-order valence-corrected chi connectivity index (χ0v) is 22.3. The van der Waals surface area contributed by atoms with E-state index in [4.69, 9.17) is 30.5 Å². The van der Waals surface area contributed by atoms with Crippen LogP contribution in [0, 0.1) is 0 Å². The van der Waals surface area contributed by atoms with Crippen LogP contribution in [0.1, 0.15) is 12.5 Å². The van der Waals surface area contributed by atoms with E-state index in [1.54, 1.807) is 44.6 Å². The number of methoxy groups -OCH3 is 2. The molecule has 1 amide bonds. The van der Waals surface area contributed by atoms with Gasteiger partial charge in [-0.2, -0.15) is 0 Å². The third-order valence-electron chi connectivity index (χ3n) is 5.17. The number of sulfonamides is 1. The average Bonchev–Trinajstić information content (AvgIpc) is 2.89. The van der Waals surface area contributed by atoms with Gasteiger partial charge in [-0.05, 0) is 73.5 Å². The van der Waals surface area contributed by atoms with Crippen LogP contribution in [0.4, 0.5) is 5.69 Å². The second-order valence-corrected chi connectivity index (χ2v) is 9.82. The molecule has 37 heavy (non-hydrogen) atoms. The van der Waals surface area contributed by atoms with Crippen molar-refractivity contribution in [3.8, 4) is 23.0 Å². The second-order valence-electron chi connectivity index (χ2n) is 7.73. The highest BCUT2D eigenvalue weighted by Gasteiger charge is 2.17. The molecular weight excluding hydrogens is 520 g/mol. The van der Waals surface area contributed by atoms with Gasteiger partial charge in [-0.25, -0.2) is 8.42 Å². The Balaban J connectivity index is 1.51. The van der Waals surface area contributed by atoms with Crippen LogP contribution in [0.25, 0.3) is 0 Å². The van der Waals surface area contributed by atoms with E-state index in [2.05, 4.69) is 10.0 Å². The van der Waals surface area contributed by atoms with Gasteiger partial charge in [0.15, 0.2) is 18.1 Å². The van der Waals surface area contributed by atoms with Crippen molar-refractivity contribution >= 4 is 33.2 Å². The van der Waals surface area contributed by atoms with Crippen LogP contribution in [-0.4, -0.2) is 48.3 Å². The number of halogens is 1. The molecule has 0 atom stereocenters. The molecule has 0 aliphatic carbocycles. The summed E-state index contributed by atoms with van der Waals surface area (Å²) < 4.78 is 49.3. The van der Waals surface area contributed by atoms with Crippen LogP contribution in [0.15, 0.2) is 65.6 Å². The van der Waals surface area contributed by atoms with Gasteiger partial charge >= 0.3 is 0 Å². The third kappa shape index (κ3) is 7.93. The number of hydrogen-bond donors (Lipinski definition) is 2. The van der Waals surface area contributed by atoms with E-state index in [9.17, 15) is 13.2 Å². The molecule has 0 spiro atoms.